The van der Waals surface area contributed by atoms with Crippen LogP contribution in [-0.2, 0) is 44.9 Å². The summed E-state index contributed by atoms with van der Waals surface area (Å²) in [5.74, 6) is 0.352. The zero-order valence-electron chi connectivity index (χ0n) is 15.0. The van der Waals surface area contributed by atoms with Crippen molar-refractivity contribution in [1.82, 2.24) is 0 Å². The Bertz CT molecular complexity index is 799. The topological polar surface area (TPSA) is 17.1 Å². The number of Topliss-reactive ketones (excluding diaryl/α,β-unsaturated/α-hetero) is 1. The van der Waals surface area contributed by atoms with E-state index in [1.807, 2.05) is 0 Å². The van der Waals surface area contributed by atoms with Crippen LogP contribution >= 0.6 is 0 Å². The van der Waals surface area contributed by atoms with E-state index in [1.54, 1.807) is 22.3 Å². The van der Waals surface area contributed by atoms with E-state index in [4.69, 9.17) is 0 Å². The van der Waals surface area contributed by atoms with Gasteiger partial charge in [0.05, 0.1) is 0 Å². The lowest BCUT2D eigenvalue weighted by Gasteiger charge is -2.03. The maximum Gasteiger partial charge on any atom is 0.163 e. The molecule has 0 bridgehead atoms. The molecule has 2 aromatic carbocycles. The third-order valence-electron chi connectivity index (χ3n) is 6.55. The number of aryl methyl sites for hydroxylation is 7. The molecule has 2 aromatic rings. The van der Waals surface area contributed by atoms with Crippen LogP contribution in [0.4, 0.5) is 0 Å². The van der Waals surface area contributed by atoms with Crippen LogP contribution in [0.3, 0.4) is 0 Å². The van der Waals surface area contributed by atoms with Gasteiger partial charge in [0.2, 0.25) is 0 Å². The third kappa shape index (κ3) is 2.74. The van der Waals surface area contributed by atoms with E-state index in [0.717, 1.165) is 18.4 Å². The van der Waals surface area contributed by atoms with E-state index in [0.29, 0.717) is 5.78 Å². The van der Waals surface area contributed by atoms with Crippen molar-refractivity contribution in [2.75, 3.05) is 0 Å². The smallest absolute Gasteiger partial charge is 0.163 e. The van der Waals surface area contributed by atoms with Crippen molar-refractivity contribution < 1.29 is 4.79 Å². The SMILES string of the molecule is O=C1CCc2cc3c(cc21)CCC3.c1c2c(cc3c1CCC3)CCC2. The predicted molar refractivity (Wildman–Crippen MR) is 102 cm³/mol. The molecule has 1 heteroatoms. The lowest BCUT2D eigenvalue weighted by molar-refractivity contribution is 0.0994. The van der Waals surface area contributed by atoms with Crippen LogP contribution in [0.5, 0.6) is 0 Å². The Morgan fingerprint density at radius 1 is 0.440 bits per heavy atom. The van der Waals surface area contributed by atoms with Gasteiger partial charge in [-0.2, -0.15) is 0 Å². The fourth-order valence-corrected chi connectivity index (χ4v) is 5.19. The molecule has 25 heavy (non-hydrogen) atoms. The summed E-state index contributed by atoms with van der Waals surface area (Å²) in [4.78, 5) is 11.5. The second-order valence-corrected chi connectivity index (χ2v) is 8.15. The second kappa shape index (κ2) is 6.12. The van der Waals surface area contributed by atoms with Crippen LogP contribution < -0.4 is 0 Å². The van der Waals surface area contributed by atoms with E-state index in [9.17, 15) is 4.79 Å². The minimum atomic E-state index is 0.352. The second-order valence-electron chi connectivity index (χ2n) is 8.15. The standard InChI is InChI=1S/C12H12O.C12H14/c13-12-5-4-10-6-8-2-1-3-9(8)7-11(10)12;1-3-9-7-11-5-2-6-12(11)8-10(9)4-1/h6-7H,1-5H2;7-8H,1-6H2. The zero-order valence-corrected chi connectivity index (χ0v) is 15.0. The van der Waals surface area contributed by atoms with E-state index in [1.165, 1.54) is 74.5 Å². The van der Waals surface area contributed by atoms with Crippen molar-refractivity contribution in [2.24, 2.45) is 0 Å². The molecule has 0 heterocycles. The molecule has 0 saturated heterocycles. The maximum atomic E-state index is 11.5. The maximum absolute atomic E-state index is 11.5. The summed E-state index contributed by atoms with van der Waals surface area (Å²) in [5.41, 5.74) is 11.8. The average molecular weight is 330 g/mol. The minimum Gasteiger partial charge on any atom is -0.294 e. The van der Waals surface area contributed by atoms with Crippen molar-refractivity contribution in [3.63, 3.8) is 0 Å². The Labute approximate surface area is 150 Å². The van der Waals surface area contributed by atoms with Gasteiger partial charge < -0.3 is 0 Å². The number of hydrogen-bond acceptors (Lipinski definition) is 1. The summed E-state index contributed by atoms with van der Waals surface area (Å²) in [6, 6.07) is 9.37. The highest BCUT2D eigenvalue weighted by atomic mass is 16.1. The van der Waals surface area contributed by atoms with Crippen LogP contribution in [0.1, 0.15) is 75.0 Å². The van der Waals surface area contributed by atoms with Crippen LogP contribution in [0.25, 0.3) is 0 Å². The van der Waals surface area contributed by atoms with Crippen LogP contribution in [0, 0.1) is 0 Å². The van der Waals surface area contributed by atoms with Crippen molar-refractivity contribution in [3.8, 4) is 0 Å². The molecule has 0 spiro atoms. The van der Waals surface area contributed by atoms with Crippen LogP contribution in [-0.4, -0.2) is 5.78 Å². The van der Waals surface area contributed by atoms with Gasteiger partial charge in [0, 0.05) is 12.0 Å². The number of benzene rings is 2. The molecule has 6 rings (SSSR count). The minimum absolute atomic E-state index is 0.352. The number of fused-ring (bicyclic) bond motifs is 4. The first-order valence-corrected chi connectivity index (χ1v) is 10.1. The molecule has 0 aromatic heterocycles. The van der Waals surface area contributed by atoms with Gasteiger partial charge >= 0.3 is 0 Å². The summed E-state index contributed by atoms with van der Waals surface area (Å²) in [6.07, 6.45) is 13.5. The third-order valence-corrected chi connectivity index (χ3v) is 6.55. The van der Waals surface area contributed by atoms with Crippen molar-refractivity contribution in [1.29, 1.82) is 0 Å². The van der Waals surface area contributed by atoms with Gasteiger partial charge in [0.15, 0.2) is 5.78 Å². The number of ketones is 1. The molecule has 0 saturated carbocycles. The molecule has 0 N–H and O–H groups in total. The number of carbonyl (C=O) groups excluding carboxylic acids is 1. The highest BCUT2D eigenvalue weighted by molar-refractivity contribution is 6.00. The number of rotatable bonds is 0. The fourth-order valence-electron chi connectivity index (χ4n) is 5.19. The van der Waals surface area contributed by atoms with Crippen molar-refractivity contribution in [3.05, 3.63) is 68.8 Å². The summed E-state index contributed by atoms with van der Waals surface area (Å²) in [5, 5.41) is 0. The summed E-state index contributed by atoms with van der Waals surface area (Å²) < 4.78 is 0. The molecule has 0 atom stereocenters. The summed E-state index contributed by atoms with van der Waals surface area (Å²) in [6.45, 7) is 0. The molecule has 0 unspecified atom stereocenters. The largest absolute Gasteiger partial charge is 0.294 e. The van der Waals surface area contributed by atoms with Crippen molar-refractivity contribution >= 4 is 5.78 Å². The highest BCUT2D eigenvalue weighted by Crippen LogP contribution is 2.31. The Hall–Kier alpha value is -1.89. The highest BCUT2D eigenvalue weighted by Gasteiger charge is 2.23. The summed E-state index contributed by atoms with van der Waals surface area (Å²) >= 11 is 0. The molecule has 4 aliphatic carbocycles. The first-order valence-electron chi connectivity index (χ1n) is 10.1. The molecule has 4 aliphatic rings. The Morgan fingerprint density at radius 2 is 0.840 bits per heavy atom. The van der Waals surface area contributed by atoms with Gasteiger partial charge in [0.25, 0.3) is 0 Å². The first-order chi connectivity index (χ1) is 12.3. The molecule has 1 nitrogen and oxygen atoms in total. The van der Waals surface area contributed by atoms with Gasteiger partial charge in [-0.1, -0.05) is 18.2 Å². The molecule has 0 aliphatic heterocycles. The Balaban J connectivity index is 0.000000112. The van der Waals surface area contributed by atoms with Gasteiger partial charge in [-0.3, -0.25) is 4.79 Å². The Morgan fingerprint density at radius 3 is 1.32 bits per heavy atom. The van der Waals surface area contributed by atoms with Gasteiger partial charge in [0.1, 0.15) is 0 Å². The fraction of sp³-hybridized carbons (Fsp3) is 0.458. The van der Waals surface area contributed by atoms with Crippen molar-refractivity contribution in [2.45, 2.75) is 70.6 Å². The normalized spacial score (nSPS) is 19.1. The molecule has 0 fully saturated rings. The van der Waals surface area contributed by atoms with E-state index in [-0.39, 0.29) is 0 Å². The van der Waals surface area contributed by atoms with E-state index in [2.05, 4.69) is 24.3 Å². The van der Waals surface area contributed by atoms with E-state index >= 15 is 0 Å². The molecule has 0 amide bonds. The predicted octanol–water partition coefficient (Wildman–Crippen LogP) is 4.97. The molecule has 128 valence electrons. The monoisotopic (exact) mass is 330 g/mol. The zero-order chi connectivity index (χ0) is 16.8. The first kappa shape index (κ1) is 15.4. The quantitative estimate of drug-likeness (QED) is 0.666. The Kier molecular flexibility index (Phi) is 3.77. The molecular weight excluding hydrogens is 304 g/mol. The molecule has 0 radical (unpaired) electrons. The van der Waals surface area contributed by atoms with Crippen LogP contribution in [0.2, 0.25) is 0 Å². The summed E-state index contributed by atoms with van der Waals surface area (Å²) in [7, 11) is 0. The van der Waals surface area contributed by atoms with E-state index < -0.39 is 0 Å². The molecular formula is C24H26O. The average Bonchev–Trinajstić information content (AvgIpc) is 3.39. The lowest BCUT2D eigenvalue weighted by atomic mass is 10.0. The van der Waals surface area contributed by atoms with Gasteiger partial charge in [-0.25, -0.2) is 0 Å². The van der Waals surface area contributed by atoms with Gasteiger partial charge in [-0.05, 0) is 109 Å². The van der Waals surface area contributed by atoms with Gasteiger partial charge in [-0.15, -0.1) is 0 Å². The van der Waals surface area contributed by atoms with Crippen LogP contribution in [0.15, 0.2) is 24.3 Å². The number of carbonyl (C=O) groups is 1. The lowest BCUT2D eigenvalue weighted by Crippen LogP contribution is -1.93. The number of hydrogen-bond donors (Lipinski definition) is 0.